The second-order valence-corrected chi connectivity index (χ2v) is 5.32. The molecule has 0 bridgehead atoms. The van der Waals surface area contributed by atoms with Gasteiger partial charge < -0.3 is 10.3 Å². The van der Waals surface area contributed by atoms with Crippen molar-refractivity contribution in [3.63, 3.8) is 0 Å². The molecule has 2 atom stereocenters. The number of fused-ring (bicyclic) bond motifs is 1. The Labute approximate surface area is 117 Å². The van der Waals surface area contributed by atoms with Gasteiger partial charge in [-0.2, -0.15) is 0 Å². The summed E-state index contributed by atoms with van der Waals surface area (Å²) in [5.41, 5.74) is 6.76. The normalized spacial score (nSPS) is 15.0. The second-order valence-electron chi connectivity index (χ2n) is 5.32. The number of hydrogen-bond acceptors (Lipinski definition) is 3. The third-order valence-corrected chi connectivity index (χ3v) is 3.69. The molecule has 4 nitrogen and oxygen atoms in total. The van der Waals surface area contributed by atoms with E-state index in [2.05, 4.69) is 4.98 Å². The molecule has 0 aliphatic heterocycles. The molecule has 1 heterocycles. The van der Waals surface area contributed by atoms with Gasteiger partial charge in [0, 0.05) is 24.7 Å². The van der Waals surface area contributed by atoms with Gasteiger partial charge in [0.2, 0.25) is 0 Å². The highest BCUT2D eigenvalue weighted by molar-refractivity contribution is 5.76. The van der Waals surface area contributed by atoms with Crippen LogP contribution in [0.3, 0.4) is 0 Å². The van der Waals surface area contributed by atoms with Gasteiger partial charge in [-0.3, -0.25) is 4.90 Å². The summed E-state index contributed by atoms with van der Waals surface area (Å²) in [6, 6.07) is 2.30. The van der Waals surface area contributed by atoms with Crippen molar-refractivity contribution in [2.45, 2.75) is 25.9 Å². The van der Waals surface area contributed by atoms with Gasteiger partial charge in [0.15, 0.2) is 11.6 Å². The number of halogens is 2. The molecular weight excluding hydrogens is 262 g/mol. The van der Waals surface area contributed by atoms with Crippen LogP contribution in [0.2, 0.25) is 0 Å². The first-order chi connectivity index (χ1) is 9.36. The third kappa shape index (κ3) is 2.41. The van der Waals surface area contributed by atoms with Crippen molar-refractivity contribution in [3.05, 3.63) is 29.6 Å². The van der Waals surface area contributed by atoms with E-state index in [0.29, 0.717) is 17.6 Å². The second kappa shape index (κ2) is 5.46. The van der Waals surface area contributed by atoms with E-state index in [1.165, 1.54) is 6.07 Å². The summed E-state index contributed by atoms with van der Waals surface area (Å²) in [6.45, 7) is 4.33. The van der Waals surface area contributed by atoms with Crippen molar-refractivity contribution in [1.29, 1.82) is 0 Å². The Morgan fingerprint density at radius 3 is 2.40 bits per heavy atom. The zero-order valence-electron chi connectivity index (χ0n) is 12.2. The topological polar surface area (TPSA) is 47.1 Å². The van der Waals surface area contributed by atoms with E-state index in [4.69, 9.17) is 5.73 Å². The summed E-state index contributed by atoms with van der Waals surface area (Å²) in [7, 11) is 3.87. The first-order valence-corrected chi connectivity index (χ1v) is 6.60. The fraction of sp³-hybridized carbons (Fsp3) is 0.500. The van der Waals surface area contributed by atoms with Gasteiger partial charge in [-0.25, -0.2) is 13.8 Å². The van der Waals surface area contributed by atoms with Gasteiger partial charge >= 0.3 is 0 Å². The minimum atomic E-state index is -0.883. The highest BCUT2D eigenvalue weighted by Crippen LogP contribution is 2.28. The number of imidazole rings is 1. The first-order valence-electron chi connectivity index (χ1n) is 6.60. The number of aromatic nitrogens is 2. The van der Waals surface area contributed by atoms with Crippen LogP contribution in [0, 0.1) is 11.6 Å². The fourth-order valence-corrected chi connectivity index (χ4v) is 2.20. The van der Waals surface area contributed by atoms with Gasteiger partial charge in [-0.1, -0.05) is 0 Å². The van der Waals surface area contributed by atoms with Crippen LogP contribution in [-0.2, 0) is 0 Å². The van der Waals surface area contributed by atoms with E-state index in [1.54, 1.807) is 0 Å². The maximum Gasteiger partial charge on any atom is 0.161 e. The lowest BCUT2D eigenvalue weighted by Crippen LogP contribution is -2.24. The standard InChI is InChI=1S/C14H20F2N4/c1-8(7-17)20-13-6-11(16)10(15)5-12(13)18-14(20)9(2)19(3)4/h5-6,8-9H,7,17H2,1-4H3. The average Bonchev–Trinajstić information content (AvgIpc) is 2.75. The molecule has 2 unspecified atom stereocenters. The monoisotopic (exact) mass is 282 g/mol. The Hall–Kier alpha value is -1.53. The molecule has 0 amide bonds. The highest BCUT2D eigenvalue weighted by Gasteiger charge is 2.22. The van der Waals surface area contributed by atoms with Crippen LogP contribution in [0.4, 0.5) is 8.78 Å². The number of rotatable bonds is 4. The van der Waals surface area contributed by atoms with Crippen LogP contribution >= 0.6 is 0 Å². The zero-order valence-corrected chi connectivity index (χ0v) is 12.2. The number of hydrogen-bond donors (Lipinski definition) is 1. The number of nitrogens with zero attached hydrogens (tertiary/aromatic N) is 3. The summed E-state index contributed by atoms with van der Waals surface area (Å²) in [6.07, 6.45) is 0. The van der Waals surface area contributed by atoms with Crippen LogP contribution in [0.25, 0.3) is 11.0 Å². The molecule has 0 saturated carbocycles. The molecule has 20 heavy (non-hydrogen) atoms. The van der Waals surface area contributed by atoms with Crippen LogP contribution < -0.4 is 5.73 Å². The van der Waals surface area contributed by atoms with Crippen molar-refractivity contribution in [1.82, 2.24) is 14.5 Å². The zero-order chi connectivity index (χ0) is 15.0. The van der Waals surface area contributed by atoms with Crippen molar-refractivity contribution in [3.8, 4) is 0 Å². The third-order valence-electron chi connectivity index (χ3n) is 3.69. The largest absolute Gasteiger partial charge is 0.328 e. The lowest BCUT2D eigenvalue weighted by Gasteiger charge is -2.23. The first kappa shape index (κ1) is 14.9. The summed E-state index contributed by atoms with van der Waals surface area (Å²) in [5, 5.41) is 0. The van der Waals surface area contributed by atoms with Crippen LogP contribution in [0.1, 0.15) is 31.8 Å². The summed E-state index contributed by atoms with van der Waals surface area (Å²) >= 11 is 0. The van der Waals surface area contributed by atoms with Gasteiger partial charge in [0.25, 0.3) is 0 Å². The van der Waals surface area contributed by atoms with Crippen LogP contribution in [-0.4, -0.2) is 35.1 Å². The van der Waals surface area contributed by atoms with Gasteiger partial charge in [-0.15, -0.1) is 0 Å². The summed E-state index contributed by atoms with van der Waals surface area (Å²) in [4.78, 5) is 6.46. The Morgan fingerprint density at radius 2 is 1.85 bits per heavy atom. The maximum atomic E-state index is 13.5. The molecule has 1 aromatic carbocycles. The Bertz CT molecular complexity index is 621. The van der Waals surface area contributed by atoms with Gasteiger partial charge in [0.1, 0.15) is 5.82 Å². The van der Waals surface area contributed by atoms with Crippen LogP contribution in [0.15, 0.2) is 12.1 Å². The molecule has 0 aliphatic rings. The smallest absolute Gasteiger partial charge is 0.161 e. The van der Waals surface area contributed by atoms with Crippen molar-refractivity contribution in [2.75, 3.05) is 20.6 Å². The number of nitrogens with two attached hydrogens (primary N) is 1. The summed E-state index contributed by atoms with van der Waals surface area (Å²) in [5.74, 6) is -0.994. The van der Waals surface area contributed by atoms with E-state index in [9.17, 15) is 8.78 Å². The molecule has 0 aliphatic carbocycles. The van der Waals surface area contributed by atoms with E-state index < -0.39 is 11.6 Å². The van der Waals surface area contributed by atoms with Gasteiger partial charge in [0.05, 0.1) is 17.1 Å². The van der Waals surface area contributed by atoms with Crippen LogP contribution in [0.5, 0.6) is 0 Å². The molecule has 110 valence electrons. The molecule has 6 heteroatoms. The maximum absolute atomic E-state index is 13.5. The summed E-state index contributed by atoms with van der Waals surface area (Å²) < 4.78 is 28.8. The quantitative estimate of drug-likeness (QED) is 0.937. The molecular formula is C14H20F2N4. The SMILES string of the molecule is CC(c1nc2cc(F)c(F)cc2n1C(C)CN)N(C)C. The predicted molar refractivity (Wildman–Crippen MR) is 75.5 cm³/mol. The average molecular weight is 282 g/mol. The van der Waals surface area contributed by atoms with E-state index in [0.717, 1.165) is 11.9 Å². The Kier molecular flexibility index (Phi) is 4.06. The molecule has 1 aromatic heterocycles. The predicted octanol–water partition coefficient (Wildman–Crippen LogP) is 2.46. The van der Waals surface area contributed by atoms with E-state index in [-0.39, 0.29) is 12.1 Å². The Balaban J connectivity index is 2.73. The minimum absolute atomic E-state index is 0.0162. The highest BCUT2D eigenvalue weighted by atomic mass is 19.2. The molecule has 2 aromatic rings. The molecule has 2 rings (SSSR count). The van der Waals surface area contributed by atoms with Crippen molar-refractivity contribution in [2.24, 2.45) is 5.73 Å². The van der Waals surface area contributed by atoms with E-state index >= 15 is 0 Å². The minimum Gasteiger partial charge on any atom is -0.328 e. The molecule has 0 saturated heterocycles. The van der Waals surface area contributed by atoms with Crippen molar-refractivity contribution >= 4 is 11.0 Å². The van der Waals surface area contributed by atoms with Gasteiger partial charge in [-0.05, 0) is 27.9 Å². The lowest BCUT2D eigenvalue weighted by atomic mass is 10.2. The van der Waals surface area contributed by atoms with Crippen molar-refractivity contribution < 1.29 is 8.78 Å². The van der Waals surface area contributed by atoms with E-state index in [1.807, 2.05) is 37.4 Å². The number of benzene rings is 1. The lowest BCUT2D eigenvalue weighted by molar-refractivity contribution is 0.297. The fourth-order valence-electron chi connectivity index (χ4n) is 2.20. The molecule has 0 fully saturated rings. The molecule has 2 N–H and O–H groups in total. The molecule has 0 spiro atoms. The Morgan fingerprint density at radius 1 is 1.25 bits per heavy atom. The molecule has 0 radical (unpaired) electrons.